The number of amides is 1. The lowest BCUT2D eigenvalue weighted by atomic mass is 9.78. The van der Waals surface area contributed by atoms with Crippen LogP contribution in [0.3, 0.4) is 0 Å². The van der Waals surface area contributed by atoms with Gasteiger partial charge in [-0.3, -0.25) is 15.6 Å². The van der Waals surface area contributed by atoms with Gasteiger partial charge in [0.25, 0.3) is 5.91 Å². The normalized spacial score (nSPS) is 22.6. The Hall–Kier alpha value is -2.15. The number of carbonyl (C=O) groups excluding carboxylic acids is 2. The lowest BCUT2D eigenvalue weighted by Gasteiger charge is -2.35. The zero-order valence-corrected chi connectivity index (χ0v) is 15.6. The molecule has 1 aliphatic carbocycles. The summed E-state index contributed by atoms with van der Waals surface area (Å²) < 4.78 is 4.63. The molecule has 1 fully saturated rings. The summed E-state index contributed by atoms with van der Waals surface area (Å²) >= 11 is 5.27. The van der Waals surface area contributed by atoms with E-state index in [9.17, 15) is 9.59 Å². The molecule has 0 radical (unpaired) electrons. The van der Waals surface area contributed by atoms with Crippen molar-refractivity contribution in [1.82, 2.24) is 16.2 Å². The minimum atomic E-state index is -0.439. The van der Waals surface area contributed by atoms with Gasteiger partial charge in [0.15, 0.2) is 5.11 Å². The molecular weight excluding hydrogens is 338 g/mol. The molecule has 1 saturated carbocycles. The van der Waals surface area contributed by atoms with E-state index >= 15 is 0 Å². The Morgan fingerprint density at radius 3 is 2.36 bits per heavy atom. The highest BCUT2D eigenvalue weighted by Gasteiger charge is 2.27. The van der Waals surface area contributed by atoms with Crippen molar-refractivity contribution in [2.45, 2.75) is 39.2 Å². The van der Waals surface area contributed by atoms with Gasteiger partial charge in [0.2, 0.25) is 0 Å². The summed E-state index contributed by atoms with van der Waals surface area (Å²) in [5, 5.41) is 3.69. The predicted molar refractivity (Wildman–Crippen MR) is 100 cm³/mol. The van der Waals surface area contributed by atoms with Gasteiger partial charge in [-0.2, -0.15) is 0 Å². The first-order valence-electron chi connectivity index (χ1n) is 8.47. The zero-order valence-electron chi connectivity index (χ0n) is 14.8. The summed E-state index contributed by atoms with van der Waals surface area (Å²) in [7, 11) is 1.31. The molecule has 7 heteroatoms. The van der Waals surface area contributed by atoms with Crippen LogP contribution < -0.4 is 16.2 Å². The fourth-order valence-corrected chi connectivity index (χ4v) is 3.25. The third-order valence-corrected chi connectivity index (χ3v) is 5.10. The number of methoxy groups -OCH3 is 1. The smallest absolute Gasteiger partial charge is 0.337 e. The van der Waals surface area contributed by atoms with Gasteiger partial charge in [-0.15, -0.1) is 0 Å². The largest absolute Gasteiger partial charge is 0.465 e. The number of hydrogen-bond acceptors (Lipinski definition) is 4. The Morgan fingerprint density at radius 2 is 1.72 bits per heavy atom. The van der Waals surface area contributed by atoms with Crippen molar-refractivity contribution in [2.24, 2.45) is 11.8 Å². The molecule has 6 nitrogen and oxygen atoms in total. The fraction of sp³-hybridized carbons (Fsp3) is 0.500. The van der Waals surface area contributed by atoms with Gasteiger partial charge in [-0.1, -0.05) is 26.7 Å². The van der Waals surface area contributed by atoms with Crippen molar-refractivity contribution in [3.63, 3.8) is 0 Å². The molecule has 3 N–H and O–H groups in total. The quantitative estimate of drug-likeness (QED) is 0.435. The average molecular weight is 363 g/mol. The molecule has 2 rings (SSSR count). The van der Waals surface area contributed by atoms with Crippen molar-refractivity contribution >= 4 is 29.2 Å². The first-order chi connectivity index (χ1) is 11.9. The van der Waals surface area contributed by atoms with E-state index < -0.39 is 5.97 Å². The monoisotopic (exact) mass is 363 g/mol. The molecule has 0 unspecified atom stereocenters. The molecule has 0 aromatic heterocycles. The number of hydrazine groups is 1. The van der Waals surface area contributed by atoms with Gasteiger partial charge < -0.3 is 10.1 Å². The second-order valence-corrected chi connectivity index (χ2v) is 6.90. The van der Waals surface area contributed by atoms with E-state index in [1.165, 1.54) is 20.0 Å². The molecule has 1 aliphatic rings. The van der Waals surface area contributed by atoms with Gasteiger partial charge >= 0.3 is 5.97 Å². The summed E-state index contributed by atoms with van der Waals surface area (Å²) in [5.41, 5.74) is 6.12. The van der Waals surface area contributed by atoms with Crippen LogP contribution in [-0.2, 0) is 4.74 Å². The molecule has 1 amide bonds. The second kappa shape index (κ2) is 8.80. The standard InChI is InChI=1S/C18H25N3O3S/c1-11-5-4-6-15(12(11)2)19-18(25)21-20-16(22)13-7-9-14(10-8-13)17(23)24-3/h7-12,15H,4-6H2,1-3H3,(H,20,22)(H2,19,21,25)/t11-,12+,15-/m0/s1. The van der Waals surface area contributed by atoms with Gasteiger partial charge in [-0.25, -0.2) is 4.79 Å². The Labute approximate surface area is 153 Å². The van der Waals surface area contributed by atoms with Crippen molar-refractivity contribution in [3.8, 4) is 0 Å². The van der Waals surface area contributed by atoms with Crippen LogP contribution in [0.5, 0.6) is 0 Å². The van der Waals surface area contributed by atoms with E-state index in [4.69, 9.17) is 12.2 Å². The van der Waals surface area contributed by atoms with Crippen LogP contribution in [0.25, 0.3) is 0 Å². The SMILES string of the molecule is COC(=O)c1ccc(C(=O)NNC(=S)N[C@H]2CCC[C@H](C)[C@H]2C)cc1. The van der Waals surface area contributed by atoms with E-state index in [-0.39, 0.29) is 5.91 Å². The van der Waals surface area contributed by atoms with Crippen molar-refractivity contribution in [2.75, 3.05) is 7.11 Å². The van der Waals surface area contributed by atoms with Crippen LogP contribution in [-0.4, -0.2) is 30.1 Å². The molecule has 0 bridgehead atoms. The van der Waals surface area contributed by atoms with E-state index in [0.717, 1.165) is 6.42 Å². The second-order valence-electron chi connectivity index (χ2n) is 6.50. The zero-order chi connectivity index (χ0) is 18.4. The number of thiocarbonyl (C=S) groups is 1. The highest BCUT2D eigenvalue weighted by Crippen LogP contribution is 2.29. The molecule has 25 heavy (non-hydrogen) atoms. The number of benzene rings is 1. The summed E-state index contributed by atoms with van der Waals surface area (Å²) in [4.78, 5) is 23.5. The minimum Gasteiger partial charge on any atom is -0.465 e. The van der Waals surface area contributed by atoms with Gasteiger partial charge in [0, 0.05) is 11.6 Å². The molecular formula is C18H25N3O3S. The molecule has 1 aromatic rings. The van der Waals surface area contributed by atoms with Crippen molar-refractivity contribution in [3.05, 3.63) is 35.4 Å². The van der Waals surface area contributed by atoms with Crippen LogP contribution in [0.4, 0.5) is 0 Å². The van der Waals surface area contributed by atoms with Crippen molar-refractivity contribution < 1.29 is 14.3 Å². The topological polar surface area (TPSA) is 79.5 Å². The number of ether oxygens (including phenoxy) is 1. The molecule has 0 spiro atoms. The minimum absolute atomic E-state index is 0.319. The van der Waals surface area contributed by atoms with Crippen molar-refractivity contribution in [1.29, 1.82) is 0 Å². The summed E-state index contributed by atoms with van der Waals surface area (Å²) in [6.45, 7) is 4.49. The van der Waals surface area contributed by atoms with Crippen LogP contribution in [0.2, 0.25) is 0 Å². The number of rotatable bonds is 3. The van der Waals surface area contributed by atoms with E-state index in [1.807, 2.05) is 0 Å². The van der Waals surface area contributed by atoms with Crippen LogP contribution in [0.15, 0.2) is 24.3 Å². The lowest BCUT2D eigenvalue weighted by molar-refractivity contribution is 0.0600. The van der Waals surface area contributed by atoms with Crippen LogP contribution in [0.1, 0.15) is 53.8 Å². The summed E-state index contributed by atoms with van der Waals surface area (Å²) in [6.07, 6.45) is 3.51. The Morgan fingerprint density at radius 1 is 1.08 bits per heavy atom. The molecule has 0 saturated heterocycles. The Balaban J connectivity index is 1.83. The maximum absolute atomic E-state index is 12.1. The lowest BCUT2D eigenvalue weighted by Crippen LogP contribution is -2.52. The average Bonchev–Trinajstić information content (AvgIpc) is 2.63. The van der Waals surface area contributed by atoms with E-state index in [1.54, 1.807) is 24.3 Å². The van der Waals surface area contributed by atoms with Crippen LogP contribution >= 0.6 is 12.2 Å². The van der Waals surface area contributed by atoms with Crippen LogP contribution in [0, 0.1) is 11.8 Å². The Bertz CT molecular complexity index is 633. The first kappa shape index (κ1) is 19.2. The predicted octanol–water partition coefficient (Wildman–Crippen LogP) is 2.41. The van der Waals surface area contributed by atoms with Gasteiger partial charge in [0.1, 0.15) is 0 Å². The number of carbonyl (C=O) groups is 2. The third-order valence-electron chi connectivity index (χ3n) is 4.88. The number of hydrogen-bond donors (Lipinski definition) is 3. The third kappa shape index (κ3) is 5.16. The summed E-state index contributed by atoms with van der Waals surface area (Å²) in [5.74, 6) is 0.434. The Kier molecular flexibility index (Phi) is 6.75. The molecule has 0 aliphatic heterocycles. The van der Waals surface area contributed by atoms with Gasteiger partial charge in [0.05, 0.1) is 12.7 Å². The molecule has 3 atom stereocenters. The highest BCUT2D eigenvalue weighted by molar-refractivity contribution is 7.80. The van der Waals surface area contributed by atoms with Gasteiger partial charge in [-0.05, 0) is 54.7 Å². The highest BCUT2D eigenvalue weighted by atomic mass is 32.1. The number of esters is 1. The fourth-order valence-electron chi connectivity index (χ4n) is 3.05. The maximum atomic E-state index is 12.1. The molecule has 0 heterocycles. The number of nitrogens with one attached hydrogen (secondary N) is 3. The van der Waals surface area contributed by atoms with E-state index in [2.05, 4.69) is 34.8 Å². The molecule has 136 valence electrons. The maximum Gasteiger partial charge on any atom is 0.337 e. The first-order valence-corrected chi connectivity index (χ1v) is 8.88. The molecule has 1 aromatic carbocycles. The summed E-state index contributed by atoms with van der Waals surface area (Å²) in [6, 6.07) is 6.53. The van der Waals surface area contributed by atoms with E-state index in [0.29, 0.717) is 34.1 Å².